The highest BCUT2D eigenvalue weighted by atomic mass is 16.5. The van der Waals surface area contributed by atoms with Crippen LogP contribution in [0.15, 0.2) is 36.9 Å². The van der Waals surface area contributed by atoms with Gasteiger partial charge in [-0.2, -0.15) is 0 Å². The summed E-state index contributed by atoms with van der Waals surface area (Å²) in [6.07, 6.45) is 5.34. The van der Waals surface area contributed by atoms with Crippen LogP contribution in [0.5, 0.6) is 0 Å². The third kappa shape index (κ3) is 7.31. The van der Waals surface area contributed by atoms with Crippen molar-refractivity contribution in [2.75, 3.05) is 11.9 Å². The maximum Gasteiger partial charge on any atom is 0.408 e. The second-order valence-corrected chi connectivity index (χ2v) is 5.62. The highest BCUT2D eigenvalue weighted by Crippen LogP contribution is 2.12. The molecule has 0 fully saturated rings. The molecule has 0 aliphatic carbocycles. The van der Waals surface area contributed by atoms with E-state index in [9.17, 15) is 9.59 Å². The van der Waals surface area contributed by atoms with Gasteiger partial charge in [-0.05, 0) is 30.5 Å². The second kappa shape index (κ2) is 11.3. The molecule has 0 bridgehead atoms. The SMILES string of the molecule is C=CCOC(=O)N[C@@H](CCCCC)C(=O)Nc1ccc(CC)cc1. The summed E-state index contributed by atoms with van der Waals surface area (Å²) >= 11 is 0. The molecule has 0 spiro atoms. The van der Waals surface area contributed by atoms with Crippen LogP contribution in [0, 0.1) is 0 Å². The monoisotopic (exact) mass is 332 g/mol. The summed E-state index contributed by atoms with van der Waals surface area (Å²) in [5.74, 6) is -0.231. The van der Waals surface area contributed by atoms with E-state index in [2.05, 4.69) is 31.1 Å². The van der Waals surface area contributed by atoms with Gasteiger partial charge in [-0.25, -0.2) is 4.79 Å². The first-order chi connectivity index (χ1) is 11.6. The molecule has 1 rings (SSSR count). The van der Waals surface area contributed by atoms with Gasteiger partial charge in [0.25, 0.3) is 0 Å². The van der Waals surface area contributed by atoms with E-state index < -0.39 is 12.1 Å². The standard InChI is InChI=1S/C19H28N2O3/c1-4-7-8-9-17(21-19(23)24-14-5-2)18(22)20-16-12-10-15(6-3)11-13-16/h5,10-13,17H,2,4,6-9,14H2,1,3H3,(H,20,22)(H,21,23)/t17-/m0/s1. The van der Waals surface area contributed by atoms with E-state index in [4.69, 9.17) is 4.74 Å². The Kier molecular flexibility index (Phi) is 9.27. The molecule has 2 N–H and O–H groups in total. The van der Waals surface area contributed by atoms with Crippen molar-refractivity contribution in [3.05, 3.63) is 42.5 Å². The summed E-state index contributed by atoms with van der Waals surface area (Å²) in [6, 6.07) is 7.09. The average molecular weight is 332 g/mol. The van der Waals surface area contributed by atoms with Gasteiger partial charge in [0.1, 0.15) is 12.6 Å². The summed E-state index contributed by atoms with van der Waals surface area (Å²) in [5.41, 5.74) is 1.93. The summed E-state index contributed by atoms with van der Waals surface area (Å²) < 4.78 is 4.91. The minimum Gasteiger partial charge on any atom is -0.445 e. The third-order valence-electron chi connectivity index (χ3n) is 3.67. The Balaban J connectivity index is 2.66. The molecule has 0 saturated carbocycles. The molecule has 132 valence electrons. The van der Waals surface area contributed by atoms with Crippen molar-refractivity contribution >= 4 is 17.7 Å². The molecular formula is C19H28N2O3. The first-order valence-electron chi connectivity index (χ1n) is 8.54. The number of carbonyl (C=O) groups excluding carboxylic acids is 2. The number of benzene rings is 1. The van der Waals surface area contributed by atoms with E-state index in [1.54, 1.807) is 0 Å². The zero-order valence-corrected chi connectivity index (χ0v) is 14.6. The first-order valence-corrected chi connectivity index (χ1v) is 8.54. The van der Waals surface area contributed by atoms with Gasteiger partial charge in [0.2, 0.25) is 5.91 Å². The van der Waals surface area contributed by atoms with Gasteiger partial charge < -0.3 is 15.4 Å². The second-order valence-electron chi connectivity index (χ2n) is 5.62. The molecule has 0 radical (unpaired) electrons. The van der Waals surface area contributed by atoms with Gasteiger partial charge >= 0.3 is 6.09 Å². The predicted molar refractivity (Wildman–Crippen MR) is 97.1 cm³/mol. The van der Waals surface area contributed by atoms with Gasteiger partial charge in [0, 0.05) is 5.69 Å². The summed E-state index contributed by atoms with van der Waals surface area (Å²) in [4.78, 5) is 24.2. The number of ether oxygens (including phenoxy) is 1. The Labute approximate surface area is 144 Å². The van der Waals surface area contributed by atoms with Gasteiger partial charge in [-0.15, -0.1) is 0 Å². The number of aryl methyl sites for hydroxylation is 1. The maximum absolute atomic E-state index is 12.5. The number of amides is 2. The van der Waals surface area contributed by atoms with Crippen LogP contribution < -0.4 is 10.6 Å². The van der Waals surface area contributed by atoms with Gasteiger partial charge in [-0.1, -0.05) is 57.9 Å². The highest BCUT2D eigenvalue weighted by Gasteiger charge is 2.21. The lowest BCUT2D eigenvalue weighted by Crippen LogP contribution is -2.44. The van der Waals surface area contributed by atoms with Crippen LogP contribution in [0.25, 0.3) is 0 Å². The zero-order valence-electron chi connectivity index (χ0n) is 14.6. The van der Waals surface area contributed by atoms with Crippen molar-refractivity contribution in [3.63, 3.8) is 0 Å². The summed E-state index contributed by atoms with van der Waals surface area (Å²) in [6.45, 7) is 7.78. The number of alkyl carbamates (subject to hydrolysis) is 1. The van der Waals surface area contributed by atoms with Gasteiger partial charge in [0.05, 0.1) is 0 Å². The minimum absolute atomic E-state index is 0.119. The largest absolute Gasteiger partial charge is 0.445 e. The third-order valence-corrected chi connectivity index (χ3v) is 3.67. The Morgan fingerprint density at radius 2 is 1.92 bits per heavy atom. The molecule has 24 heavy (non-hydrogen) atoms. The normalized spacial score (nSPS) is 11.4. The number of nitrogens with one attached hydrogen (secondary N) is 2. The first kappa shape index (κ1) is 19.7. The van der Waals surface area contributed by atoms with E-state index in [-0.39, 0.29) is 12.5 Å². The van der Waals surface area contributed by atoms with E-state index in [1.807, 2.05) is 24.3 Å². The van der Waals surface area contributed by atoms with Crippen molar-refractivity contribution in [3.8, 4) is 0 Å². The fourth-order valence-electron chi connectivity index (χ4n) is 2.24. The van der Waals surface area contributed by atoms with Crippen LogP contribution in [0.3, 0.4) is 0 Å². The quantitative estimate of drug-likeness (QED) is 0.502. The molecule has 1 atom stereocenters. The summed E-state index contributed by atoms with van der Waals surface area (Å²) in [5, 5.41) is 5.48. The van der Waals surface area contributed by atoms with Crippen LogP contribution in [-0.2, 0) is 16.0 Å². The van der Waals surface area contributed by atoms with Crippen molar-refractivity contribution in [1.29, 1.82) is 0 Å². The lowest BCUT2D eigenvalue weighted by Gasteiger charge is -2.18. The Morgan fingerprint density at radius 1 is 1.21 bits per heavy atom. The molecular weight excluding hydrogens is 304 g/mol. The molecule has 2 amide bonds. The van der Waals surface area contributed by atoms with Gasteiger partial charge in [0.15, 0.2) is 0 Å². The topological polar surface area (TPSA) is 67.4 Å². The summed E-state index contributed by atoms with van der Waals surface area (Å²) in [7, 11) is 0. The van der Waals surface area contributed by atoms with E-state index in [1.165, 1.54) is 11.6 Å². The molecule has 0 heterocycles. The van der Waals surface area contributed by atoms with Crippen LogP contribution in [0.2, 0.25) is 0 Å². The zero-order chi connectivity index (χ0) is 17.8. The fraction of sp³-hybridized carbons (Fsp3) is 0.474. The number of hydrogen-bond donors (Lipinski definition) is 2. The molecule has 5 nitrogen and oxygen atoms in total. The van der Waals surface area contributed by atoms with E-state index >= 15 is 0 Å². The van der Waals surface area contributed by atoms with Crippen LogP contribution in [0.1, 0.15) is 45.1 Å². The smallest absolute Gasteiger partial charge is 0.408 e. The molecule has 0 unspecified atom stereocenters. The highest BCUT2D eigenvalue weighted by molar-refractivity contribution is 5.96. The predicted octanol–water partition coefficient (Wildman–Crippen LogP) is 4.05. The molecule has 0 saturated heterocycles. The average Bonchev–Trinajstić information content (AvgIpc) is 2.59. The molecule has 0 aliphatic rings. The molecule has 0 aromatic heterocycles. The van der Waals surface area contributed by atoms with Crippen molar-refractivity contribution in [2.45, 2.75) is 52.0 Å². The number of rotatable bonds is 10. The Morgan fingerprint density at radius 3 is 2.50 bits per heavy atom. The van der Waals surface area contributed by atoms with Crippen molar-refractivity contribution < 1.29 is 14.3 Å². The minimum atomic E-state index is -0.611. The lowest BCUT2D eigenvalue weighted by atomic mass is 10.1. The number of hydrogen-bond acceptors (Lipinski definition) is 3. The number of anilines is 1. The van der Waals surface area contributed by atoms with E-state index in [0.717, 1.165) is 31.4 Å². The number of unbranched alkanes of at least 4 members (excludes halogenated alkanes) is 2. The fourth-order valence-corrected chi connectivity index (χ4v) is 2.24. The van der Waals surface area contributed by atoms with Crippen molar-refractivity contribution in [2.24, 2.45) is 0 Å². The van der Waals surface area contributed by atoms with Gasteiger partial charge in [-0.3, -0.25) is 4.79 Å². The maximum atomic E-state index is 12.5. The molecule has 1 aromatic carbocycles. The van der Waals surface area contributed by atoms with Crippen LogP contribution in [0.4, 0.5) is 10.5 Å². The van der Waals surface area contributed by atoms with E-state index in [0.29, 0.717) is 6.42 Å². The number of carbonyl (C=O) groups is 2. The molecule has 1 aromatic rings. The van der Waals surface area contributed by atoms with Crippen LogP contribution >= 0.6 is 0 Å². The van der Waals surface area contributed by atoms with Crippen molar-refractivity contribution in [1.82, 2.24) is 5.32 Å². The molecule has 5 heteroatoms. The Hall–Kier alpha value is -2.30. The van der Waals surface area contributed by atoms with Crippen LogP contribution in [-0.4, -0.2) is 24.6 Å². The Bertz CT molecular complexity index is 526. The molecule has 0 aliphatic heterocycles. The lowest BCUT2D eigenvalue weighted by molar-refractivity contribution is -0.118.